The molecule has 2 aliphatic heterocycles. The number of fused-ring (bicyclic) bond motifs is 1. The fraction of sp³-hybridized carbons (Fsp3) is 0.464. The van der Waals surface area contributed by atoms with Gasteiger partial charge >= 0.3 is 6.09 Å². The number of amides is 2. The highest BCUT2D eigenvalue weighted by Crippen LogP contribution is 2.40. The number of carbonyl (C=O) groups excluding carboxylic acids is 1. The summed E-state index contributed by atoms with van der Waals surface area (Å²) >= 11 is 0. The third-order valence-electron chi connectivity index (χ3n) is 7.43. The Bertz CT molecular complexity index is 1100. The van der Waals surface area contributed by atoms with Gasteiger partial charge in [0.05, 0.1) is 11.6 Å². The summed E-state index contributed by atoms with van der Waals surface area (Å²) in [7, 11) is 0. The van der Waals surface area contributed by atoms with Crippen molar-refractivity contribution in [2.45, 2.75) is 51.9 Å². The summed E-state index contributed by atoms with van der Waals surface area (Å²) in [4.78, 5) is 28.1. The van der Waals surface area contributed by atoms with Gasteiger partial charge in [0, 0.05) is 37.7 Å². The molecule has 2 heterocycles. The van der Waals surface area contributed by atoms with E-state index in [9.17, 15) is 14.7 Å². The molecule has 2 amide bonds. The lowest BCUT2D eigenvalue weighted by Crippen LogP contribution is -2.38. The normalized spacial score (nSPS) is 19.2. The van der Waals surface area contributed by atoms with E-state index < -0.39 is 6.09 Å². The Morgan fingerprint density at radius 3 is 2.26 bits per heavy atom. The lowest BCUT2D eigenvalue weighted by Gasteiger charge is -2.34. The largest absolute Gasteiger partial charge is 0.465 e. The second kappa shape index (κ2) is 9.50. The fourth-order valence-corrected chi connectivity index (χ4v) is 5.30. The van der Waals surface area contributed by atoms with Crippen molar-refractivity contribution >= 4 is 12.0 Å². The van der Waals surface area contributed by atoms with E-state index in [1.165, 1.54) is 16.7 Å². The average molecular weight is 460 g/mol. The molecule has 6 nitrogen and oxygen atoms in total. The minimum Gasteiger partial charge on any atom is -0.465 e. The Kier molecular flexibility index (Phi) is 6.65. The number of hydrogen-bond acceptors (Lipinski definition) is 3. The highest BCUT2D eigenvalue weighted by atomic mass is 16.4. The molecule has 1 atom stereocenters. The molecule has 0 aromatic heterocycles. The van der Waals surface area contributed by atoms with E-state index >= 15 is 0 Å². The van der Waals surface area contributed by atoms with E-state index in [0.717, 1.165) is 19.3 Å². The van der Waals surface area contributed by atoms with Crippen molar-refractivity contribution in [2.75, 3.05) is 26.2 Å². The first-order valence-electron chi connectivity index (χ1n) is 12.1. The fourth-order valence-electron chi connectivity index (χ4n) is 5.30. The van der Waals surface area contributed by atoms with Gasteiger partial charge in [0.25, 0.3) is 5.91 Å². The predicted octanol–water partition coefficient (Wildman–Crippen LogP) is 5.24. The van der Waals surface area contributed by atoms with E-state index in [4.69, 9.17) is 5.26 Å². The molecule has 0 spiro atoms. The van der Waals surface area contributed by atoms with Gasteiger partial charge in [-0.05, 0) is 71.6 Å². The summed E-state index contributed by atoms with van der Waals surface area (Å²) < 4.78 is 0. The number of nitrogens with zero attached hydrogens (tertiary/aromatic N) is 3. The summed E-state index contributed by atoms with van der Waals surface area (Å²) in [6.07, 6.45) is 1.70. The van der Waals surface area contributed by atoms with Gasteiger partial charge in [0.2, 0.25) is 0 Å². The summed E-state index contributed by atoms with van der Waals surface area (Å²) in [5.41, 5.74) is 4.97. The molecule has 0 bridgehead atoms. The van der Waals surface area contributed by atoms with Gasteiger partial charge in [0.1, 0.15) is 0 Å². The van der Waals surface area contributed by atoms with E-state index in [-0.39, 0.29) is 17.2 Å². The molecule has 178 valence electrons. The lowest BCUT2D eigenvalue weighted by atomic mass is 9.74. The number of carbonyl (C=O) groups is 2. The van der Waals surface area contributed by atoms with Crippen molar-refractivity contribution in [3.63, 3.8) is 0 Å². The third-order valence-corrected chi connectivity index (χ3v) is 7.43. The number of hydrogen-bond donors (Lipinski definition) is 1. The smallest absolute Gasteiger partial charge is 0.407 e. The van der Waals surface area contributed by atoms with Gasteiger partial charge in [-0.1, -0.05) is 39.0 Å². The Labute approximate surface area is 201 Å². The molecule has 0 saturated carbocycles. The number of carboxylic acid groups (broad SMARTS) is 1. The first-order valence-corrected chi connectivity index (χ1v) is 12.1. The van der Waals surface area contributed by atoms with Crippen LogP contribution >= 0.6 is 0 Å². The van der Waals surface area contributed by atoms with Crippen molar-refractivity contribution in [3.8, 4) is 6.07 Å². The summed E-state index contributed by atoms with van der Waals surface area (Å²) in [5, 5.41) is 18.6. The van der Waals surface area contributed by atoms with Gasteiger partial charge in [-0.25, -0.2) is 4.79 Å². The molecule has 1 unspecified atom stereocenters. The standard InChI is InChI=1S/C28H33N3O3/c1-28(2,3)25-18-31(27(33)34)15-12-23-16-22(8-9-24(23)25)20-10-13-30(14-11-20)26(32)21-6-4-19(17-29)5-7-21/h4-9,16,20,25H,10-15,18H2,1-3H3,(H,33,34). The van der Waals surface area contributed by atoms with Crippen LogP contribution in [0.5, 0.6) is 0 Å². The zero-order valence-electron chi connectivity index (χ0n) is 20.3. The number of likely N-dealkylation sites (tertiary alicyclic amines) is 1. The summed E-state index contributed by atoms with van der Waals surface area (Å²) in [6, 6.07) is 15.6. The first kappa shape index (κ1) is 23.8. The van der Waals surface area contributed by atoms with Crippen molar-refractivity contribution < 1.29 is 14.7 Å². The van der Waals surface area contributed by atoms with Crippen LogP contribution in [-0.2, 0) is 6.42 Å². The number of rotatable bonds is 2. The molecule has 2 aromatic carbocycles. The minimum absolute atomic E-state index is 0.0200. The van der Waals surface area contributed by atoms with Crippen LogP contribution in [-0.4, -0.2) is 53.1 Å². The highest BCUT2D eigenvalue weighted by Gasteiger charge is 2.34. The Morgan fingerprint density at radius 1 is 1.00 bits per heavy atom. The summed E-state index contributed by atoms with van der Waals surface area (Å²) in [6.45, 7) is 9.01. The van der Waals surface area contributed by atoms with Gasteiger partial charge in [-0.3, -0.25) is 4.79 Å². The third kappa shape index (κ3) is 4.94. The first-order chi connectivity index (χ1) is 16.2. The maximum Gasteiger partial charge on any atom is 0.407 e. The number of nitriles is 1. The topological polar surface area (TPSA) is 84.6 Å². The van der Waals surface area contributed by atoms with Crippen molar-refractivity contribution in [3.05, 3.63) is 70.3 Å². The molecular weight excluding hydrogens is 426 g/mol. The average Bonchev–Trinajstić information content (AvgIpc) is 3.03. The number of piperidine rings is 1. The maximum atomic E-state index is 12.9. The van der Waals surface area contributed by atoms with Crippen LogP contribution in [0.3, 0.4) is 0 Å². The van der Waals surface area contributed by atoms with Crippen molar-refractivity contribution in [1.29, 1.82) is 5.26 Å². The zero-order valence-corrected chi connectivity index (χ0v) is 20.3. The monoisotopic (exact) mass is 459 g/mol. The predicted molar refractivity (Wildman–Crippen MR) is 131 cm³/mol. The minimum atomic E-state index is -0.846. The molecule has 34 heavy (non-hydrogen) atoms. The molecule has 2 aromatic rings. The Hall–Kier alpha value is -3.33. The van der Waals surface area contributed by atoms with E-state index in [1.54, 1.807) is 29.2 Å². The summed E-state index contributed by atoms with van der Waals surface area (Å²) in [5.74, 6) is 0.566. The quantitative estimate of drug-likeness (QED) is 0.665. The molecule has 1 N–H and O–H groups in total. The molecule has 2 aliphatic rings. The van der Waals surface area contributed by atoms with Crippen LogP contribution in [0, 0.1) is 16.7 Å². The molecular formula is C28H33N3O3. The van der Waals surface area contributed by atoms with Crippen LogP contribution < -0.4 is 0 Å². The van der Waals surface area contributed by atoms with Crippen LogP contribution in [0.15, 0.2) is 42.5 Å². The lowest BCUT2D eigenvalue weighted by molar-refractivity contribution is 0.0713. The van der Waals surface area contributed by atoms with E-state index in [0.29, 0.717) is 43.2 Å². The SMILES string of the molecule is CC(C)(C)C1CN(C(=O)O)CCc2cc(C3CCN(C(=O)c4ccc(C#N)cc4)CC3)ccc21. The molecule has 0 radical (unpaired) electrons. The molecule has 6 heteroatoms. The molecule has 4 rings (SSSR count). The Morgan fingerprint density at radius 2 is 1.68 bits per heavy atom. The molecule has 0 aliphatic carbocycles. The van der Waals surface area contributed by atoms with Crippen LogP contribution in [0.4, 0.5) is 4.79 Å². The van der Waals surface area contributed by atoms with E-state index in [2.05, 4.69) is 45.0 Å². The zero-order chi connectivity index (χ0) is 24.5. The second-order valence-corrected chi connectivity index (χ2v) is 10.6. The van der Waals surface area contributed by atoms with Crippen molar-refractivity contribution in [1.82, 2.24) is 9.80 Å². The maximum absolute atomic E-state index is 12.9. The molecule has 1 saturated heterocycles. The van der Waals surface area contributed by atoms with Gasteiger partial charge < -0.3 is 14.9 Å². The Balaban J connectivity index is 1.48. The van der Waals surface area contributed by atoms with Gasteiger partial charge in [0.15, 0.2) is 0 Å². The van der Waals surface area contributed by atoms with Crippen LogP contribution in [0.1, 0.15) is 78.1 Å². The van der Waals surface area contributed by atoms with Gasteiger partial charge in [-0.15, -0.1) is 0 Å². The van der Waals surface area contributed by atoms with Crippen LogP contribution in [0.25, 0.3) is 0 Å². The number of benzene rings is 2. The molecule has 1 fully saturated rings. The van der Waals surface area contributed by atoms with E-state index in [1.807, 2.05) is 4.90 Å². The van der Waals surface area contributed by atoms with Crippen LogP contribution in [0.2, 0.25) is 0 Å². The van der Waals surface area contributed by atoms with Crippen molar-refractivity contribution in [2.24, 2.45) is 5.41 Å². The van der Waals surface area contributed by atoms with Gasteiger partial charge in [-0.2, -0.15) is 5.26 Å². The second-order valence-electron chi connectivity index (χ2n) is 10.6. The highest BCUT2D eigenvalue weighted by molar-refractivity contribution is 5.94.